The molecule has 18 nitrogen and oxygen atoms in total. The molecule has 210 valence electrons. The molecule has 0 aromatic carbocycles. The monoisotopic (exact) mass is 824 g/mol. The zero-order valence-corrected chi connectivity index (χ0v) is 27.6. The molecule has 0 aliphatic heterocycles. The Bertz CT molecular complexity index is 1210. The van der Waals surface area contributed by atoms with Crippen LogP contribution in [0.25, 0.3) is 0 Å². The van der Waals surface area contributed by atoms with E-state index in [-0.39, 0.29) is 122 Å². The van der Waals surface area contributed by atoms with Crippen LogP contribution in [0.4, 0.5) is 17.1 Å². The second-order valence-corrected chi connectivity index (χ2v) is 6.84. The van der Waals surface area contributed by atoms with Gasteiger partial charge in [0.1, 0.15) is 0 Å². The fourth-order valence-electron chi connectivity index (χ4n) is 2.31. The summed E-state index contributed by atoms with van der Waals surface area (Å²) < 4.78 is 0. The Hall–Kier alpha value is -3.94. The second kappa shape index (κ2) is 17.7. The topological polar surface area (TPSA) is 341 Å². The molecule has 12 N–H and O–H groups in total. The number of nitrogen functional groups attached to an aromatic ring is 3. The van der Waals surface area contributed by atoms with Gasteiger partial charge < -0.3 is 47.8 Å². The number of pyridine rings is 3. The van der Waals surface area contributed by atoms with E-state index in [1.165, 1.54) is 0 Å². The summed E-state index contributed by atoms with van der Waals surface area (Å²) in [5.41, 5.74) is 13.7. The number of hydrogen-bond acceptors (Lipinski definition) is 12. The average Bonchev–Trinajstić information content (AvgIpc) is 2.83. The van der Waals surface area contributed by atoms with Crippen molar-refractivity contribution >= 4 is 52.9 Å². The van der Waals surface area contributed by atoms with Crippen molar-refractivity contribution < 1.29 is 131 Å². The van der Waals surface area contributed by atoms with E-state index in [2.05, 4.69) is 15.0 Å². The van der Waals surface area contributed by atoms with Crippen molar-refractivity contribution in [2.45, 2.75) is 0 Å². The number of aromatic nitrogens is 3. The summed E-state index contributed by atoms with van der Waals surface area (Å²) in [5.74, 6) is -7.86. The molecule has 0 aliphatic rings. The SMILES string of the molecule is Nc1cc(C(=O)O)nc(C(=O)O)c1.Nc1cc(C(=O)O)nc(C(=O)O)c1.Nc1cc(C(=O)O)nc(C(=O)O)c1.[La].[La]. The summed E-state index contributed by atoms with van der Waals surface area (Å²) in [6.07, 6.45) is 0. The molecular weight excluding hydrogens is 806 g/mol. The molecule has 0 atom stereocenters. The van der Waals surface area contributed by atoms with Gasteiger partial charge >= 0.3 is 35.8 Å². The third-order valence-corrected chi connectivity index (χ3v) is 3.86. The zero-order valence-electron chi connectivity index (χ0n) is 20.3. The van der Waals surface area contributed by atoms with E-state index >= 15 is 0 Å². The summed E-state index contributed by atoms with van der Waals surface area (Å²) in [5, 5.41) is 51.0. The molecule has 0 spiro atoms. The smallest absolute Gasteiger partial charge is 0.354 e. The van der Waals surface area contributed by atoms with Gasteiger partial charge in [-0.05, 0) is 36.4 Å². The third-order valence-electron chi connectivity index (χ3n) is 3.86. The van der Waals surface area contributed by atoms with Crippen LogP contribution in [0.3, 0.4) is 0 Å². The largest absolute Gasteiger partial charge is 0.477 e. The van der Waals surface area contributed by atoms with E-state index in [9.17, 15) is 28.8 Å². The van der Waals surface area contributed by atoms with Gasteiger partial charge in [-0.1, -0.05) is 0 Å². The summed E-state index contributed by atoms with van der Waals surface area (Å²) in [6, 6.07) is 6.55. The molecule has 41 heavy (non-hydrogen) atoms. The number of carboxylic acid groups (broad SMARTS) is 6. The fourth-order valence-corrected chi connectivity index (χ4v) is 2.31. The van der Waals surface area contributed by atoms with Gasteiger partial charge in [0, 0.05) is 88.3 Å². The maximum absolute atomic E-state index is 10.4. The minimum Gasteiger partial charge on any atom is -0.477 e. The standard InChI is InChI=1S/3C7H6N2O4.2La/c3*8-3-1-4(6(10)11)9-5(2-3)7(12)13;;/h3*1-2H,(H2,8,9)(H,10,11)(H,12,13);;. The van der Waals surface area contributed by atoms with Crippen LogP contribution >= 0.6 is 0 Å². The Morgan fingerprint density at radius 1 is 0.390 bits per heavy atom. The first-order valence-corrected chi connectivity index (χ1v) is 9.74. The van der Waals surface area contributed by atoms with Gasteiger partial charge in [-0.15, -0.1) is 0 Å². The first-order valence-electron chi connectivity index (χ1n) is 9.74. The molecule has 0 saturated heterocycles. The van der Waals surface area contributed by atoms with Crippen molar-refractivity contribution in [1.29, 1.82) is 0 Å². The Morgan fingerprint density at radius 2 is 0.512 bits per heavy atom. The van der Waals surface area contributed by atoms with E-state index in [4.69, 9.17) is 47.8 Å². The van der Waals surface area contributed by atoms with Gasteiger partial charge in [0.05, 0.1) is 0 Å². The Morgan fingerprint density at radius 3 is 0.610 bits per heavy atom. The molecule has 0 aliphatic carbocycles. The van der Waals surface area contributed by atoms with Crippen molar-refractivity contribution in [2.75, 3.05) is 17.2 Å². The van der Waals surface area contributed by atoms with Crippen LogP contribution in [0.1, 0.15) is 62.9 Å². The average molecular weight is 824 g/mol. The van der Waals surface area contributed by atoms with E-state index in [0.29, 0.717) is 0 Å². The van der Waals surface area contributed by atoms with Gasteiger partial charge in [0.25, 0.3) is 0 Å². The van der Waals surface area contributed by atoms with Crippen molar-refractivity contribution in [3.05, 3.63) is 70.6 Å². The number of aromatic carboxylic acids is 6. The molecule has 0 amide bonds. The molecule has 3 aromatic rings. The minimum absolute atomic E-state index is 0. The summed E-state index contributed by atoms with van der Waals surface area (Å²) in [7, 11) is 0. The molecular formula is C21H18La2N6O12. The maximum Gasteiger partial charge on any atom is 0.354 e. The maximum atomic E-state index is 10.4. The molecule has 2 radical (unpaired) electrons. The third kappa shape index (κ3) is 13.3. The van der Waals surface area contributed by atoms with Crippen molar-refractivity contribution in [1.82, 2.24) is 15.0 Å². The van der Waals surface area contributed by atoms with Gasteiger partial charge in [-0.3, -0.25) is 0 Å². The van der Waals surface area contributed by atoms with Crippen molar-refractivity contribution in [3.8, 4) is 0 Å². The van der Waals surface area contributed by atoms with Crippen LogP contribution in [-0.2, 0) is 0 Å². The van der Waals surface area contributed by atoms with E-state index in [1.807, 2.05) is 0 Å². The van der Waals surface area contributed by atoms with Crippen LogP contribution in [0.15, 0.2) is 36.4 Å². The van der Waals surface area contributed by atoms with Gasteiger partial charge in [0.2, 0.25) is 0 Å². The van der Waals surface area contributed by atoms with Crippen LogP contribution < -0.4 is 17.2 Å². The number of rotatable bonds is 6. The first kappa shape index (κ1) is 39.2. The number of carbonyl (C=O) groups is 6. The quantitative estimate of drug-likeness (QED) is 0.160. The molecule has 0 unspecified atom stereocenters. The molecule has 3 rings (SSSR count). The molecule has 0 bridgehead atoms. The van der Waals surface area contributed by atoms with Crippen molar-refractivity contribution in [2.24, 2.45) is 0 Å². The van der Waals surface area contributed by atoms with Crippen LogP contribution in [0, 0.1) is 71.2 Å². The number of hydrogen-bond donors (Lipinski definition) is 9. The predicted molar refractivity (Wildman–Crippen MR) is 128 cm³/mol. The molecule has 20 heteroatoms. The Kier molecular flexibility index (Phi) is 16.9. The summed E-state index contributed by atoms with van der Waals surface area (Å²) >= 11 is 0. The van der Waals surface area contributed by atoms with Gasteiger partial charge in [-0.25, -0.2) is 43.7 Å². The van der Waals surface area contributed by atoms with Gasteiger partial charge in [0.15, 0.2) is 34.2 Å². The van der Waals surface area contributed by atoms with Crippen LogP contribution in [-0.4, -0.2) is 81.4 Å². The summed E-state index contributed by atoms with van der Waals surface area (Å²) in [4.78, 5) is 72.6. The van der Waals surface area contributed by atoms with E-state index in [0.717, 1.165) is 36.4 Å². The second-order valence-electron chi connectivity index (χ2n) is 6.84. The van der Waals surface area contributed by atoms with E-state index < -0.39 is 35.8 Å². The molecule has 3 heterocycles. The van der Waals surface area contributed by atoms with E-state index in [1.54, 1.807) is 0 Å². The normalized spacial score (nSPS) is 9.07. The number of nitrogens with two attached hydrogens (primary N) is 3. The summed E-state index contributed by atoms with van der Waals surface area (Å²) in [6.45, 7) is 0. The fraction of sp³-hybridized carbons (Fsp3) is 0. The number of anilines is 3. The predicted octanol–water partition coefficient (Wildman–Crippen LogP) is 0.181. The Balaban J connectivity index is 0. The van der Waals surface area contributed by atoms with Gasteiger partial charge in [-0.2, -0.15) is 0 Å². The number of nitrogens with zero attached hydrogens (tertiary/aromatic N) is 3. The molecule has 0 fully saturated rings. The van der Waals surface area contributed by atoms with Crippen LogP contribution in [0.2, 0.25) is 0 Å². The van der Waals surface area contributed by atoms with Crippen LogP contribution in [0.5, 0.6) is 0 Å². The molecule has 3 aromatic heterocycles. The van der Waals surface area contributed by atoms with Crippen molar-refractivity contribution in [3.63, 3.8) is 0 Å². The first-order chi connectivity index (χ1) is 18.0. The minimum atomic E-state index is -1.31. The Labute approximate surface area is 283 Å². The molecule has 0 saturated carbocycles. The number of carboxylic acids is 6. The zero-order chi connectivity index (χ0) is 30.0.